The summed E-state index contributed by atoms with van der Waals surface area (Å²) in [5.41, 5.74) is 15.3. The van der Waals surface area contributed by atoms with Crippen molar-refractivity contribution in [1.29, 1.82) is 0 Å². The Morgan fingerprint density at radius 2 is 0.891 bits per heavy atom. The van der Waals surface area contributed by atoms with Crippen molar-refractivity contribution < 1.29 is 0 Å². The van der Waals surface area contributed by atoms with Crippen molar-refractivity contribution in [2.75, 3.05) is 0 Å². The summed E-state index contributed by atoms with van der Waals surface area (Å²) >= 11 is 0. The Hall–Kier alpha value is -5.86. The van der Waals surface area contributed by atoms with Gasteiger partial charge in [-0.2, -0.15) is 0 Å². The first-order valence-corrected chi connectivity index (χ1v) is 16.1. The molecule has 216 valence electrons. The minimum atomic E-state index is 0.383. The average molecular weight is 587 g/mol. The van der Waals surface area contributed by atoms with Gasteiger partial charge in [-0.05, 0) is 94.0 Å². The molecule has 0 amide bonds. The number of nitrogens with zero attached hydrogens (tertiary/aromatic N) is 2. The standard InChI is InChI=1S/C44H30N2/c1-28-33-13-5-6-14-34(33)35-22-21-32(27-38(28)35)46-42-18-10-8-16-37(42)40-26-30(20-24-44(40)46)29-19-23-43-39(25-29)36-15-7-9-17-41(36)45(43)31-11-3-2-4-12-31/h2-28H,1H3. The van der Waals surface area contributed by atoms with Gasteiger partial charge in [0.15, 0.2) is 0 Å². The minimum absolute atomic E-state index is 0.383. The molecule has 10 rings (SSSR count). The van der Waals surface area contributed by atoms with E-state index in [4.69, 9.17) is 0 Å². The van der Waals surface area contributed by atoms with Gasteiger partial charge < -0.3 is 9.13 Å². The second-order valence-corrected chi connectivity index (χ2v) is 12.6. The van der Waals surface area contributed by atoms with Gasteiger partial charge in [0, 0.05) is 38.8 Å². The van der Waals surface area contributed by atoms with Gasteiger partial charge in [0.25, 0.3) is 0 Å². The van der Waals surface area contributed by atoms with Crippen LogP contribution in [0.3, 0.4) is 0 Å². The summed E-state index contributed by atoms with van der Waals surface area (Å²) in [5.74, 6) is 0.383. The smallest absolute Gasteiger partial charge is 0.0541 e. The van der Waals surface area contributed by atoms with Crippen molar-refractivity contribution in [3.63, 3.8) is 0 Å². The predicted octanol–water partition coefficient (Wildman–Crippen LogP) is 11.7. The van der Waals surface area contributed by atoms with Crippen LogP contribution in [0.1, 0.15) is 24.0 Å². The van der Waals surface area contributed by atoms with Crippen LogP contribution < -0.4 is 0 Å². The van der Waals surface area contributed by atoms with Crippen LogP contribution in [-0.2, 0) is 0 Å². The van der Waals surface area contributed by atoms with Crippen LogP contribution in [-0.4, -0.2) is 9.13 Å². The summed E-state index contributed by atoms with van der Waals surface area (Å²) in [5, 5.41) is 5.09. The lowest BCUT2D eigenvalue weighted by molar-refractivity contribution is 0.953. The Morgan fingerprint density at radius 1 is 0.370 bits per heavy atom. The van der Waals surface area contributed by atoms with Gasteiger partial charge in [-0.15, -0.1) is 0 Å². The monoisotopic (exact) mass is 586 g/mol. The Morgan fingerprint density at radius 3 is 1.57 bits per heavy atom. The normalized spacial score (nSPS) is 14.0. The van der Waals surface area contributed by atoms with E-state index in [0.29, 0.717) is 5.92 Å². The Kier molecular flexibility index (Phi) is 5.30. The Balaban J connectivity index is 1.15. The maximum atomic E-state index is 2.45. The summed E-state index contributed by atoms with van der Waals surface area (Å²) in [4.78, 5) is 0. The molecule has 2 nitrogen and oxygen atoms in total. The molecule has 0 radical (unpaired) electrons. The molecule has 9 aromatic rings. The van der Waals surface area contributed by atoms with Crippen molar-refractivity contribution in [1.82, 2.24) is 9.13 Å². The zero-order valence-corrected chi connectivity index (χ0v) is 25.5. The lowest BCUT2D eigenvalue weighted by atomic mass is 9.99. The fourth-order valence-electron chi connectivity index (χ4n) is 8.02. The van der Waals surface area contributed by atoms with E-state index in [1.165, 1.54) is 88.4 Å². The summed E-state index contributed by atoms with van der Waals surface area (Å²) in [7, 11) is 0. The highest BCUT2D eigenvalue weighted by molar-refractivity contribution is 6.12. The largest absolute Gasteiger partial charge is 0.309 e. The molecule has 7 aromatic carbocycles. The van der Waals surface area contributed by atoms with Crippen LogP contribution in [0.15, 0.2) is 158 Å². The molecule has 1 aliphatic rings. The van der Waals surface area contributed by atoms with E-state index < -0.39 is 0 Å². The molecule has 1 unspecified atom stereocenters. The number of benzene rings is 7. The highest BCUT2D eigenvalue weighted by Gasteiger charge is 2.26. The molecule has 1 atom stereocenters. The molecule has 0 saturated carbocycles. The van der Waals surface area contributed by atoms with Gasteiger partial charge in [-0.25, -0.2) is 0 Å². The second-order valence-electron chi connectivity index (χ2n) is 12.6. The number of aromatic nitrogens is 2. The number of para-hydroxylation sites is 3. The van der Waals surface area contributed by atoms with Gasteiger partial charge in [0.05, 0.1) is 22.1 Å². The molecule has 2 aromatic heterocycles. The van der Waals surface area contributed by atoms with Crippen LogP contribution in [0.2, 0.25) is 0 Å². The average Bonchev–Trinajstić information content (AvgIpc) is 3.73. The third kappa shape index (κ3) is 3.53. The summed E-state index contributed by atoms with van der Waals surface area (Å²) in [6, 6.07) is 58.0. The van der Waals surface area contributed by atoms with Crippen molar-refractivity contribution in [3.8, 4) is 33.6 Å². The highest BCUT2D eigenvalue weighted by Crippen LogP contribution is 2.46. The van der Waals surface area contributed by atoms with Crippen LogP contribution in [0, 0.1) is 0 Å². The minimum Gasteiger partial charge on any atom is -0.309 e. The molecule has 0 saturated heterocycles. The van der Waals surface area contributed by atoms with Crippen LogP contribution in [0.5, 0.6) is 0 Å². The van der Waals surface area contributed by atoms with E-state index in [1.54, 1.807) is 0 Å². The summed E-state index contributed by atoms with van der Waals surface area (Å²) in [6.45, 7) is 2.33. The lowest BCUT2D eigenvalue weighted by Gasteiger charge is -2.12. The van der Waals surface area contributed by atoms with E-state index in [1.807, 2.05) is 0 Å². The lowest BCUT2D eigenvalue weighted by Crippen LogP contribution is -1.97. The predicted molar refractivity (Wildman–Crippen MR) is 194 cm³/mol. The molecule has 0 bridgehead atoms. The first-order valence-electron chi connectivity index (χ1n) is 16.1. The molecule has 0 fully saturated rings. The zero-order valence-electron chi connectivity index (χ0n) is 25.5. The van der Waals surface area contributed by atoms with Gasteiger partial charge in [0.2, 0.25) is 0 Å². The van der Waals surface area contributed by atoms with Gasteiger partial charge in [0.1, 0.15) is 0 Å². The first-order chi connectivity index (χ1) is 22.7. The molecular weight excluding hydrogens is 556 g/mol. The summed E-state index contributed by atoms with van der Waals surface area (Å²) < 4.78 is 4.82. The maximum absolute atomic E-state index is 2.45. The molecular formula is C44H30N2. The molecule has 0 N–H and O–H groups in total. The van der Waals surface area contributed by atoms with Crippen molar-refractivity contribution >= 4 is 43.6 Å². The number of hydrogen-bond donors (Lipinski definition) is 0. The molecule has 0 spiro atoms. The topological polar surface area (TPSA) is 9.86 Å². The van der Waals surface area contributed by atoms with E-state index >= 15 is 0 Å². The van der Waals surface area contributed by atoms with E-state index in [-0.39, 0.29) is 0 Å². The van der Waals surface area contributed by atoms with Gasteiger partial charge in [-0.3, -0.25) is 0 Å². The number of rotatable bonds is 3. The van der Waals surface area contributed by atoms with E-state index in [0.717, 1.165) is 0 Å². The Bertz CT molecular complexity index is 2650. The fraction of sp³-hybridized carbons (Fsp3) is 0.0455. The third-order valence-corrected chi connectivity index (χ3v) is 10.2. The van der Waals surface area contributed by atoms with Crippen LogP contribution in [0.4, 0.5) is 0 Å². The highest BCUT2D eigenvalue weighted by atomic mass is 15.0. The van der Waals surface area contributed by atoms with Gasteiger partial charge in [-0.1, -0.05) is 104 Å². The SMILES string of the molecule is CC1c2ccccc2-c2ccc(-n3c4ccccc4c4cc(-c5ccc6c(c5)c5ccccc5n6-c5ccccc5)ccc43)cc21. The molecule has 46 heavy (non-hydrogen) atoms. The van der Waals surface area contributed by atoms with Crippen molar-refractivity contribution in [2.24, 2.45) is 0 Å². The van der Waals surface area contributed by atoms with E-state index in [2.05, 4.69) is 174 Å². The first kappa shape index (κ1) is 25.5. The number of hydrogen-bond acceptors (Lipinski definition) is 0. The second kappa shape index (κ2) is 9.57. The Labute approximate surface area is 267 Å². The van der Waals surface area contributed by atoms with Crippen LogP contribution >= 0.6 is 0 Å². The van der Waals surface area contributed by atoms with Gasteiger partial charge >= 0.3 is 0 Å². The third-order valence-electron chi connectivity index (χ3n) is 10.2. The quantitative estimate of drug-likeness (QED) is 0.195. The van der Waals surface area contributed by atoms with Crippen molar-refractivity contribution in [2.45, 2.75) is 12.8 Å². The molecule has 2 heterocycles. The molecule has 1 aliphatic carbocycles. The van der Waals surface area contributed by atoms with E-state index in [9.17, 15) is 0 Å². The molecule has 0 aliphatic heterocycles. The van der Waals surface area contributed by atoms with Crippen molar-refractivity contribution in [3.05, 3.63) is 169 Å². The summed E-state index contributed by atoms with van der Waals surface area (Å²) in [6.07, 6.45) is 0. The zero-order chi connectivity index (χ0) is 30.4. The fourth-order valence-corrected chi connectivity index (χ4v) is 8.02. The molecule has 2 heteroatoms. The maximum Gasteiger partial charge on any atom is 0.0541 e. The van der Waals surface area contributed by atoms with Crippen LogP contribution in [0.25, 0.3) is 77.2 Å². The number of fused-ring (bicyclic) bond motifs is 9.